The van der Waals surface area contributed by atoms with Gasteiger partial charge in [-0.3, -0.25) is 0 Å². The van der Waals surface area contributed by atoms with Gasteiger partial charge in [0.2, 0.25) is 0 Å². The Morgan fingerprint density at radius 2 is 2.12 bits per heavy atom. The first-order valence-electron chi connectivity index (χ1n) is 5.94. The second-order valence-electron chi connectivity index (χ2n) is 4.79. The van der Waals surface area contributed by atoms with E-state index < -0.39 is 10.2 Å². The molecule has 1 saturated heterocycles. The van der Waals surface area contributed by atoms with Crippen LogP contribution >= 0.6 is 0 Å². The summed E-state index contributed by atoms with van der Waals surface area (Å²) in [5, 5.41) is 3.27. The molecule has 0 amide bonds. The van der Waals surface area contributed by atoms with E-state index in [1.165, 1.54) is 0 Å². The summed E-state index contributed by atoms with van der Waals surface area (Å²) < 4.78 is 28.0. The van der Waals surface area contributed by atoms with E-state index in [4.69, 9.17) is 0 Å². The van der Waals surface area contributed by atoms with Gasteiger partial charge >= 0.3 is 0 Å². The molecule has 1 aliphatic rings. The Morgan fingerprint density at radius 3 is 2.69 bits per heavy atom. The Labute approximate surface area is 98.6 Å². The van der Waals surface area contributed by atoms with Crippen molar-refractivity contribution in [2.75, 3.05) is 26.2 Å². The SMILES string of the molecule is CC(C)CNS(=O)(=O)NCCC1CCNC1. The van der Waals surface area contributed by atoms with E-state index in [2.05, 4.69) is 14.8 Å². The zero-order valence-electron chi connectivity index (χ0n) is 10.1. The number of nitrogens with one attached hydrogen (secondary N) is 3. The first-order valence-corrected chi connectivity index (χ1v) is 7.43. The molecule has 16 heavy (non-hydrogen) atoms. The van der Waals surface area contributed by atoms with Crippen molar-refractivity contribution >= 4 is 10.2 Å². The van der Waals surface area contributed by atoms with Crippen molar-refractivity contribution in [3.8, 4) is 0 Å². The molecule has 0 aromatic carbocycles. The fourth-order valence-corrected chi connectivity index (χ4v) is 2.73. The molecule has 1 rings (SSSR count). The molecular formula is C10H23N3O2S. The van der Waals surface area contributed by atoms with Gasteiger partial charge in [0.05, 0.1) is 0 Å². The summed E-state index contributed by atoms with van der Waals surface area (Å²) in [5.74, 6) is 0.948. The molecule has 96 valence electrons. The third-order valence-electron chi connectivity index (χ3n) is 2.69. The van der Waals surface area contributed by atoms with E-state index in [-0.39, 0.29) is 0 Å². The Bertz CT molecular complexity index is 284. The van der Waals surface area contributed by atoms with Gasteiger partial charge in [-0.05, 0) is 37.8 Å². The topological polar surface area (TPSA) is 70.2 Å². The molecule has 1 fully saturated rings. The molecule has 1 atom stereocenters. The van der Waals surface area contributed by atoms with E-state index >= 15 is 0 Å². The molecule has 0 aliphatic carbocycles. The lowest BCUT2D eigenvalue weighted by Gasteiger charge is -2.11. The Hall–Kier alpha value is -0.170. The molecule has 1 heterocycles. The molecule has 0 spiro atoms. The average Bonchev–Trinajstić information content (AvgIpc) is 2.68. The van der Waals surface area contributed by atoms with E-state index in [1.807, 2.05) is 13.8 Å². The van der Waals surface area contributed by atoms with Crippen LogP contribution < -0.4 is 14.8 Å². The summed E-state index contributed by atoms with van der Waals surface area (Å²) in [4.78, 5) is 0. The van der Waals surface area contributed by atoms with Crippen LogP contribution in [0.4, 0.5) is 0 Å². The Morgan fingerprint density at radius 1 is 1.38 bits per heavy atom. The lowest BCUT2D eigenvalue weighted by atomic mass is 10.1. The quantitative estimate of drug-likeness (QED) is 0.598. The minimum atomic E-state index is -3.29. The van der Waals surface area contributed by atoms with Gasteiger partial charge in [0.15, 0.2) is 0 Å². The minimum absolute atomic E-state index is 0.329. The summed E-state index contributed by atoms with van der Waals surface area (Å²) in [7, 11) is -3.29. The maximum Gasteiger partial charge on any atom is 0.276 e. The molecule has 0 bridgehead atoms. The molecule has 1 aliphatic heterocycles. The summed E-state index contributed by atoms with van der Waals surface area (Å²) in [5.41, 5.74) is 0. The van der Waals surface area contributed by atoms with Crippen molar-refractivity contribution in [1.82, 2.24) is 14.8 Å². The summed E-state index contributed by atoms with van der Waals surface area (Å²) in [6.07, 6.45) is 2.07. The van der Waals surface area contributed by atoms with Crippen LogP contribution in [0.1, 0.15) is 26.7 Å². The van der Waals surface area contributed by atoms with Gasteiger partial charge in [-0.25, -0.2) is 9.44 Å². The maximum absolute atomic E-state index is 11.5. The van der Waals surface area contributed by atoms with Crippen LogP contribution in [0.5, 0.6) is 0 Å². The zero-order valence-corrected chi connectivity index (χ0v) is 10.9. The van der Waals surface area contributed by atoms with Gasteiger partial charge in [0, 0.05) is 13.1 Å². The molecule has 0 aromatic heterocycles. The normalized spacial score (nSPS) is 21.8. The zero-order chi connectivity index (χ0) is 12.0. The highest BCUT2D eigenvalue weighted by molar-refractivity contribution is 7.87. The van der Waals surface area contributed by atoms with Gasteiger partial charge in [-0.2, -0.15) is 8.42 Å². The predicted octanol–water partition coefficient (Wildman–Crippen LogP) is 0.0660. The lowest BCUT2D eigenvalue weighted by Crippen LogP contribution is -2.39. The number of rotatable bonds is 7. The van der Waals surface area contributed by atoms with Crippen molar-refractivity contribution in [2.24, 2.45) is 11.8 Å². The highest BCUT2D eigenvalue weighted by atomic mass is 32.2. The van der Waals surface area contributed by atoms with Crippen molar-refractivity contribution < 1.29 is 8.42 Å². The second kappa shape index (κ2) is 6.54. The van der Waals surface area contributed by atoms with E-state index in [0.29, 0.717) is 24.9 Å². The first-order chi connectivity index (χ1) is 7.49. The van der Waals surface area contributed by atoms with Gasteiger partial charge in [0.1, 0.15) is 0 Å². The highest BCUT2D eigenvalue weighted by Gasteiger charge is 2.15. The minimum Gasteiger partial charge on any atom is -0.316 e. The van der Waals surface area contributed by atoms with Crippen LogP contribution in [0.3, 0.4) is 0 Å². The molecule has 0 saturated carbocycles. The van der Waals surface area contributed by atoms with Crippen molar-refractivity contribution in [3.05, 3.63) is 0 Å². The molecule has 0 radical (unpaired) electrons. The van der Waals surface area contributed by atoms with Gasteiger partial charge in [-0.1, -0.05) is 13.8 Å². The summed E-state index contributed by atoms with van der Waals surface area (Å²) in [6, 6.07) is 0. The van der Waals surface area contributed by atoms with Crippen LogP contribution in [0.15, 0.2) is 0 Å². The summed E-state index contributed by atoms with van der Waals surface area (Å²) in [6.45, 7) is 7.05. The fourth-order valence-electron chi connectivity index (χ4n) is 1.69. The molecule has 6 heteroatoms. The van der Waals surface area contributed by atoms with Gasteiger partial charge in [0.25, 0.3) is 10.2 Å². The Kier molecular flexibility index (Phi) is 5.68. The Balaban J connectivity index is 2.14. The van der Waals surface area contributed by atoms with Crippen LogP contribution in [-0.2, 0) is 10.2 Å². The predicted molar refractivity (Wildman–Crippen MR) is 65.4 cm³/mol. The number of hydrogen-bond donors (Lipinski definition) is 3. The summed E-state index contributed by atoms with van der Waals surface area (Å²) >= 11 is 0. The van der Waals surface area contributed by atoms with Crippen molar-refractivity contribution in [3.63, 3.8) is 0 Å². The van der Waals surface area contributed by atoms with Crippen molar-refractivity contribution in [1.29, 1.82) is 0 Å². The third-order valence-corrected chi connectivity index (χ3v) is 3.82. The van der Waals surface area contributed by atoms with E-state index in [1.54, 1.807) is 0 Å². The van der Waals surface area contributed by atoms with Crippen LogP contribution in [0.25, 0.3) is 0 Å². The standard InChI is InChI=1S/C10H23N3O2S/c1-9(2)7-13-16(14,15)12-6-4-10-3-5-11-8-10/h9-13H,3-8H2,1-2H3. The largest absolute Gasteiger partial charge is 0.316 e. The van der Waals surface area contributed by atoms with Crippen LogP contribution in [0, 0.1) is 11.8 Å². The highest BCUT2D eigenvalue weighted by Crippen LogP contribution is 2.10. The number of hydrogen-bond acceptors (Lipinski definition) is 3. The molecule has 3 N–H and O–H groups in total. The molecule has 0 aromatic rings. The van der Waals surface area contributed by atoms with Crippen LogP contribution in [0.2, 0.25) is 0 Å². The molecule has 1 unspecified atom stereocenters. The van der Waals surface area contributed by atoms with Gasteiger partial charge < -0.3 is 5.32 Å². The first kappa shape index (κ1) is 13.9. The second-order valence-corrected chi connectivity index (χ2v) is 6.37. The van der Waals surface area contributed by atoms with E-state index in [9.17, 15) is 8.42 Å². The molecule has 5 nitrogen and oxygen atoms in total. The van der Waals surface area contributed by atoms with Crippen molar-refractivity contribution in [2.45, 2.75) is 26.7 Å². The monoisotopic (exact) mass is 249 g/mol. The van der Waals surface area contributed by atoms with Gasteiger partial charge in [-0.15, -0.1) is 0 Å². The van der Waals surface area contributed by atoms with Crippen LogP contribution in [-0.4, -0.2) is 34.6 Å². The van der Waals surface area contributed by atoms with E-state index in [0.717, 1.165) is 25.9 Å². The molecular weight excluding hydrogens is 226 g/mol. The maximum atomic E-state index is 11.5. The fraction of sp³-hybridized carbons (Fsp3) is 1.00. The third kappa shape index (κ3) is 5.79. The smallest absolute Gasteiger partial charge is 0.276 e. The average molecular weight is 249 g/mol. The lowest BCUT2D eigenvalue weighted by molar-refractivity contribution is 0.510.